The van der Waals surface area contributed by atoms with Crippen LogP contribution in [0.15, 0.2) is 60.7 Å². The number of esters is 1. The van der Waals surface area contributed by atoms with Gasteiger partial charge in [-0.1, -0.05) is 74.5 Å². The van der Waals surface area contributed by atoms with Crippen LogP contribution in [0.1, 0.15) is 25.0 Å². The summed E-state index contributed by atoms with van der Waals surface area (Å²) in [6, 6.07) is 21.0. The van der Waals surface area contributed by atoms with Gasteiger partial charge in [0.2, 0.25) is 0 Å². The molecule has 0 aromatic heterocycles. The molecule has 2 rings (SSSR count). The third-order valence-corrected chi connectivity index (χ3v) is 4.24. The number of rotatable bonds is 10. The molecule has 0 saturated carbocycles. The van der Waals surface area contributed by atoms with Crippen molar-refractivity contribution in [2.75, 3.05) is 26.2 Å². The molecule has 2 aromatic carbocycles. The van der Waals surface area contributed by atoms with Crippen molar-refractivity contribution in [3.05, 3.63) is 71.8 Å². The van der Waals surface area contributed by atoms with Crippen molar-refractivity contribution in [3.63, 3.8) is 0 Å². The second-order valence-corrected chi connectivity index (χ2v) is 6.64. The summed E-state index contributed by atoms with van der Waals surface area (Å²) in [6.07, 6.45) is 2.02. The van der Waals surface area contributed by atoms with Crippen LogP contribution in [0.25, 0.3) is 0 Å². The van der Waals surface area contributed by atoms with E-state index in [0.29, 0.717) is 6.61 Å². The average molecular weight is 376 g/mol. The first-order valence-corrected chi connectivity index (χ1v) is 9.12. The number of ether oxygens (including phenoxy) is 1. The van der Waals surface area contributed by atoms with Crippen molar-refractivity contribution >= 4 is 18.4 Å². The molecule has 0 bridgehead atoms. The lowest BCUT2D eigenvalue weighted by Crippen LogP contribution is -2.32. The molecular formula is C22H30ClNO2. The highest BCUT2D eigenvalue weighted by Crippen LogP contribution is 2.05. The average Bonchev–Trinajstić information content (AvgIpc) is 2.65. The van der Waals surface area contributed by atoms with Gasteiger partial charge in [-0.05, 0) is 24.0 Å². The first-order valence-electron chi connectivity index (χ1n) is 9.12. The Morgan fingerprint density at radius 1 is 0.846 bits per heavy atom. The van der Waals surface area contributed by atoms with Crippen molar-refractivity contribution in [1.29, 1.82) is 0 Å². The van der Waals surface area contributed by atoms with E-state index >= 15 is 0 Å². The highest BCUT2D eigenvalue weighted by Gasteiger charge is 2.10. The van der Waals surface area contributed by atoms with Crippen LogP contribution in [0.3, 0.4) is 0 Å². The topological polar surface area (TPSA) is 29.5 Å². The van der Waals surface area contributed by atoms with Crippen LogP contribution in [0.5, 0.6) is 0 Å². The lowest BCUT2D eigenvalue weighted by molar-refractivity contribution is -0.147. The maximum atomic E-state index is 11.6. The Kier molecular flexibility index (Phi) is 10.7. The quantitative estimate of drug-likeness (QED) is 0.576. The molecule has 0 aliphatic rings. The Morgan fingerprint density at radius 2 is 1.31 bits per heavy atom. The number of carbonyl (C=O) groups excluding carboxylic acids is 1. The summed E-state index contributed by atoms with van der Waals surface area (Å²) >= 11 is 0. The van der Waals surface area contributed by atoms with Crippen LogP contribution in [-0.4, -0.2) is 37.1 Å². The van der Waals surface area contributed by atoms with Gasteiger partial charge in [0.1, 0.15) is 6.61 Å². The molecule has 0 N–H and O–H groups in total. The molecule has 0 saturated heterocycles. The van der Waals surface area contributed by atoms with E-state index in [2.05, 4.69) is 53.4 Å². The van der Waals surface area contributed by atoms with Gasteiger partial charge in [-0.2, -0.15) is 0 Å². The molecule has 142 valence electrons. The van der Waals surface area contributed by atoms with Gasteiger partial charge in [-0.3, -0.25) is 9.69 Å². The number of halogens is 1. The van der Waals surface area contributed by atoms with Crippen molar-refractivity contribution in [1.82, 2.24) is 4.90 Å². The van der Waals surface area contributed by atoms with Gasteiger partial charge in [-0.15, -0.1) is 12.4 Å². The molecule has 0 aliphatic carbocycles. The highest BCUT2D eigenvalue weighted by molar-refractivity contribution is 5.85. The molecule has 0 fully saturated rings. The zero-order chi connectivity index (χ0) is 17.9. The van der Waals surface area contributed by atoms with Gasteiger partial charge >= 0.3 is 5.97 Å². The summed E-state index contributed by atoms with van der Waals surface area (Å²) in [5, 5.41) is 0. The van der Waals surface area contributed by atoms with Crippen LogP contribution in [-0.2, 0) is 22.4 Å². The predicted octanol–water partition coefficient (Wildman–Crippen LogP) is 4.39. The molecular weight excluding hydrogens is 346 g/mol. The van der Waals surface area contributed by atoms with Crippen molar-refractivity contribution in [2.45, 2.75) is 26.7 Å². The molecule has 0 spiro atoms. The smallest absolute Gasteiger partial charge is 0.308 e. The number of nitrogens with zero attached hydrogens (tertiary/aromatic N) is 1. The largest absolute Gasteiger partial charge is 0.464 e. The first kappa shape index (κ1) is 22.2. The van der Waals surface area contributed by atoms with Crippen molar-refractivity contribution in [2.24, 2.45) is 5.92 Å². The number of hydrogen-bond acceptors (Lipinski definition) is 3. The third-order valence-electron chi connectivity index (χ3n) is 4.24. The molecule has 3 nitrogen and oxygen atoms in total. The second kappa shape index (κ2) is 12.5. The zero-order valence-electron chi connectivity index (χ0n) is 15.8. The van der Waals surface area contributed by atoms with E-state index in [-0.39, 0.29) is 24.3 Å². The Balaban J connectivity index is 0.00000338. The highest BCUT2D eigenvalue weighted by atomic mass is 35.5. The summed E-state index contributed by atoms with van der Waals surface area (Å²) in [5.74, 6) is -0.187. The van der Waals surface area contributed by atoms with Gasteiger partial charge in [0, 0.05) is 19.6 Å². The van der Waals surface area contributed by atoms with Crippen molar-refractivity contribution < 1.29 is 9.53 Å². The molecule has 0 aliphatic heterocycles. The number of benzene rings is 2. The van der Waals surface area contributed by atoms with Crippen LogP contribution in [0.4, 0.5) is 0 Å². The van der Waals surface area contributed by atoms with Gasteiger partial charge in [0.25, 0.3) is 0 Å². The second-order valence-electron chi connectivity index (χ2n) is 6.64. The third kappa shape index (κ3) is 8.50. The van der Waals surface area contributed by atoms with Crippen LogP contribution < -0.4 is 0 Å². The zero-order valence-corrected chi connectivity index (χ0v) is 16.6. The van der Waals surface area contributed by atoms with Crippen molar-refractivity contribution in [3.8, 4) is 0 Å². The van der Waals surface area contributed by atoms with E-state index in [4.69, 9.17) is 4.74 Å². The molecule has 0 radical (unpaired) electrons. The Labute approximate surface area is 163 Å². The lowest BCUT2D eigenvalue weighted by atomic mass is 10.1. The Bertz CT molecular complexity index is 573. The maximum Gasteiger partial charge on any atom is 0.308 e. The minimum Gasteiger partial charge on any atom is -0.464 e. The molecule has 4 heteroatoms. The maximum absolute atomic E-state index is 11.6. The molecule has 2 aromatic rings. The fourth-order valence-corrected chi connectivity index (χ4v) is 2.64. The molecule has 0 atom stereocenters. The van der Waals surface area contributed by atoms with Gasteiger partial charge in [0.15, 0.2) is 0 Å². The first-order chi connectivity index (χ1) is 12.1. The lowest BCUT2D eigenvalue weighted by Gasteiger charge is -2.22. The van der Waals surface area contributed by atoms with Gasteiger partial charge < -0.3 is 4.74 Å². The SMILES string of the molecule is CC(C)C(=O)OCCN(CCc1ccccc1)CCc1ccccc1.Cl. The summed E-state index contributed by atoms with van der Waals surface area (Å²) < 4.78 is 5.36. The molecule has 26 heavy (non-hydrogen) atoms. The van der Waals surface area contributed by atoms with E-state index < -0.39 is 0 Å². The van der Waals surface area contributed by atoms with E-state index in [9.17, 15) is 4.79 Å². The summed E-state index contributed by atoms with van der Waals surface area (Å²) in [6.45, 7) is 6.90. The van der Waals surface area contributed by atoms with Gasteiger partial charge in [0.05, 0.1) is 5.92 Å². The molecule has 0 heterocycles. The summed E-state index contributed by atoms with van der Waals surface area (Å²) in [5.41, 5.74) is 2.68. The van der Waals surface area contributed by atoms with Crippen LogP contribution >= 0.6 is 12.4 Å². The van der Waals surface area contributed by atoms with E-state index in [1.165, 1.54) is 11.1 Å². The Hall–Kier alpha value is -1.84. The normalized spacial score (nSPS) is 10.6. The molecule has 0 amide bonds. The minimum atomic E-state index is -0.119. The Morgan fingerprint density at radius 3 is 1.73 bits per heavy atom. The minimum absolute atomic E-state index is 0. The van der Waals surface area contributed by atoms with E-state index in [0.717, 1.165) is 32.5 Å². The molecule has 0 unspecified atom stereocenters. The standard InChI is InChI=1S/C22H29NO2.ClH/c1-19(2)22(24)25-18-17-23(15-13-20-9-5-3-6-10-20)16-14-21-11-7-4-8-12-21;/h3-12,19H,13-18H2,1-2H3;1H. The predicted molar refractivity (Wildman–Crippen MR) is 110 cm³/mol. The number of hydrogen-bond donors (Lipinski definition) is 0. The fraction of sp³-hybridized carbons (Fsp3) is 0.409. The van der Waals surface area contributed by atoms with E-state index in [1.807, 2.05) is 26.0 Å². The van der Waals surface area contributed by atoms with Gasteiger partial charge in [-0.25, -0.2) is 0 Å². The van der Waals surface area contributed by atoms with Crippen LogP contribution in [0, 0.1) is 5.92 Å². The van der Waals surface area contributed by atoms with E-state index in [1.54, 1.807) is 0 Å². The summed E-state index contributed by atoms with van der Waals surface area (Å²) in [7, 11) is 0. The monoisotopic (exact) mass is 375 g/mol. The fourth-order valence-electron chi connectivity index (χ4n) is 2.64. The number of carbonyl (C=O) groups is 1. The summed E-state index contributed by atoms with van der Waals surface area (Å²) in [4.78, 5) is 14.0. The van der Waals surface area contributed by atoms with Crippen LogP contribution in [0.2, 0.25) is 0 Å².